The minimum Gasteiger partial charge on any atom is -0.494 e. The van der Waals surface area contributed by atoms with Crippen molar-refractivity contribution in [3.05, 3.63) is 40.9 Å². The maximum Gasteiger partial charge on any atom is 0.186 e. The summed E-state index contributed by atoms with van der Waals surface area (Å²) < 4.78 is 7.95. The Kier molecular flexibility index (Phi) is 4.97. The molecular weight excluding hydrogens is 424 g/mol. The van der Waals surface area contributed by atoms with Crippen molar-refractivity contribution < 1.29 is 4.74 Å². The van der Waals surface area contributed by atoms with Gasteiger partial charge in [-0.2, -0.15) is 0 Å². The van der Waals surface area contributed by atoms with Crippen LogP contribution in [0.25, 0.3) is 20.4 Å². The lowest BCUT2D eigenvalue weighted by Crippen LogP contribution is -2.46. The van der Waals surface area contributed by atoms with Crippen LogP contribution in [-0.2, 0) is 0 Å². The number of benzene rings is 2. The Morgan fingerprint density at radius 3 is 2.38 bits per heavy atom. The maximum atomic E-state index is 6.21. The van der Waals surface area contributed by atoms with Gasteiger partial charge < -0.3 is 14.5 Å². The second kappa shape index (κ2) is 7.63. The number of aromatic nitrogens is 2. The molecule has 8 heteroatoms. The first-order valence-electron chi connectivity index (χ1n) is 9.70. The topological polar surface area (TPSA) is 41.5 Å². The van der Waals surface area contributed by atoms with E-state index in [1.54, 1.807) is 22.7 Å². The lowest BCUT2D eigenvalue weighted by atomic mass is 10.2. The van der Waals surface area contributed by atoms with Crippen LogP contribution in [-0.4, -0.2) is 42.8 Å². The van der Waals surface area contributed by atoms with Gasteiger partial charge in [-0.1, -0.05) is 34.3 Å². The number of nitrogens with zero attached hydrogens (tertiary/aromatic N) is 4. The van der Waals surface area contributed by atoms with Crippen molar-refractivity contribution in [3.63, 3.8) is 0 Å². The summed E-state index contributed by atoms with van der Waals surface area (Å²) in [5.74, 6) is 0.909. The Morgan fingerprint density at radius 2 is 1.66 bits per heavy atom. The zero-order chi connectivity index (χ0) is 20.0. The van der Waals surface area contributed by atoms with Crippen molar-refractivity contribution >= 4 is 65.0 Å². The Labute approximate surface area is 182 Å². The Hall–Kier alpha value is -2.09. The van der Waals surface area contributed by atoms with Gasteiger partial charge in [0.25, 0.3) is 0 Å². The van der Waals surface area contributed by atoms with E-state index >= 15 is 0 Å². The van der Waals surface area contributed by atoms with E-state index in [2.05, 4.69) is 22.8 Å². The first kappa shape index (κ1) is 18.9. The molecule has 1 aliphatic rings. The fourth-order valence-electron chi connectivity index (χ4n) is 3.65. The maximum absolute atomic E-state index is 6.21. The van der Waals surface area contributed by atoms with Crippen LogP contribution in [0.4, 0.5) is 10.3 Å². The predicted molar refractivity (Wildman–Crippen MR) is 125 cm³/mol. The van der Waals surface area contributed by atoms with Crippen molar-refractivity contribution in [1.29, 1.82) is 0 Å². The molecule has 1 saturated heterocycles. The Balaban J connectivity index is 1.32. The number of piperazine rings is 1. The van der Waals surface area contributed by atoms with Gasteiger partial charge in [0, 0.05) is 31.2 Å². The van der Waals surface area contributed by atoms with Gasteiger partial charge in [-0.05, 0) is 49.7 Å². The molecule has 29 heavy (non-hydrogen) atoms. The first-order valence-corrected chi connectivity index (χ1v) is 11.7. The number of rotatable bonds is 4. The van der Waals surface area contributed by atoms with E-state index in [4.69, 9.17) is 26.3 Å². The summed E-state index contributed by atoms with van der Waals surface area (Å²) in [5.41, 5.74) is 3.23. The predicted octanol–water partition coefficient (Wildman–Crippen LogP) is 5.59. The van der Waals surface area contributed by atoms with Crippen molar-refractivity contribution in [2.45, 2.75) is 13.8 Å². The fourth-order valence-corrected chi connectivity index (χ4v) is 6.17. The van der Waals surface area contributed by atoms with Gasteiger partial charge >= 0.3 is 0 Å². The van der Waals surface area contributed by atoms with Crippen LogP contribution in [0, 0.1) is 6.92 Å². The molecule has 0 N–H and O–H groups in total. The number of halogens is 1. The molecule has 0 amide bonds. The summed E-state index contributed by atoms with van der Waals surface area (Å²) in [4.78, 5) is 14.5. The monoisotopic (exact) mass is 444 g/mol. The largest absolute Gasteiger partial charge is 0.494 e. The molecule has 0 aliphatic carbocycles. The molecule has 4 aromatic rings. The highest BCUT2D eigenvalue weighted by molar-refractivity contribution is 7.22. The SMILES string of the molecule is CCOc1ccc2nc(N3CCN(c4nc5c(C)cc(Cl)cc5s4)CC3)sc2c1. The average molecular weight is 445 g/mol. The lowest BCUT2D eigenvalue weighted by Gasteiger charge is -2.34. The van der Waals surface area contributed by atoms with Gasteiger partial charge in [-0.3, -0.25) is 0 Å². The van der Waals surface area contributed by atoms with E-state index in [1.165, 1.54) is 4.70 Å². The van der Waals surface area contributed by atoms with Gasteiger partial charge in [-0.15, -0.1) is 0 Å². The van der Waals surface area contributed by atoms with Crippen LogP contribution in [0.1, 0.15) is 12.5 Å². The third-order valence-electron chi connectivity index (χ3n) is 5.12. The molecule has 5 nitrogen and oxygen atoms in total. The molecule has 150 valence electrons. The van der Waals surface area contributed by atoms with Crippen LogP contribution in [0.15, 0.2) is 30.3 Å². The summed E-state index contributed by atoms with van der Waals surface area (Å²) >= 11 is 9.67. The molecule has 1 aliphatic heterocycles. The summed E-state index contributed by atoms with van der Waals surface area (Å²) in [6, 6.07) is 10.1. The van der Waals surface area contributed by atoms with E-state index < -0.39 is 0 Å². The zero-order valence-electron chi connectivity index (χ0n) is 16.3. The minimum atomic E-state index is 0.677. The number of aryl methyl sites for hydroxylation is 1. The van der Waals surface area contributed by atoms with Crippen molar-refractivity contribution in [3.8, 4) is 5.75 Å². The average Bonchev–Trinajstić information content (AvgIpc) is 3.32. The van der Waals surface area contributed by atoms with Crippen molar-refractivity contribution in [1.82, 2.24) is 9.97 Å². The van der Waals surface area contributed by atoms with Crippen molar-refractivity contribution in [2.75, 3.05) is 42.6 Å². The number of hydrogen-bond donors (Lipinski definition) is 0. The minimum absolute atomic E-state index is 0.677. The van der Waals surface area contributed by atoms with E-state index in [9.17, 15) is 0 Å². The van der Waals surface area contributed by atoms with Crippen LogP contribution in [0.3, 0.4) is 0 Å². The molecule has 3 heterocycles. The summed E-state index contributed by atoms with van der Waals surface area (Å²) in [6.07, 6.45) is 0. The number of hydrogen-bond acceptors (Lipinski definition) is 7. The van der Waals surface area contributed by atoms with Crippen LogP contribution >= 0.6 is 34.3 Å². The van der Waals surface area contributed by atoms with Crippen LogP contribution in [0.5, 0.6) is 5.75 Å². The number of ether oxygens (including phenoxy) is 1. The third kappa shape index (κ3) is 3.63. The summed E-state index contributed by atoms with van der Waals surface area (Å²) in [6.45, 7) is 8.50. The highest BCUT2D eigenvalue weighted by atomic mass is 35.5. The Bertz CT molecular complexity index is 1180. The molecule has 0 bridgehead atoms. The molecular formula is C21H21ClN4OS2. The molecule has 5 rings (SSSR count). The molecule has 0 unspecified atom stereocenters. The van der Waals surface area contributed by atoms with E-state index in [1.807, 2.05) is 31.2 Å². The highest BCUT2D eigenvalue weighted by Crippen LogP contribution is 2.35. The normalized spacial score (nSPS) is 14.9. The summed E-state index contributed by atoms with van der Waals surface area (Å²) in [7, 11) is 0. The second-order valence-corrected chi connectivity index (χ2v) is 9.55. The quantitative estimate of drug-likeness (QED) is 0.410. The number of anilines is 2. The first-order chi connectivity index (χ1) is 14.1. The van der Waals surface area contributed by atoms with Gasteiger partial charge in [-0.25, -0.2) is 9.97 Å². The molecule has 0 atom stereocenters. The fraction of sp³-hybridized carbons (Fsp3) is 0.333. The van der Waals surface area contributed by atoms with E-state index in [0.29, 0.717) is 6.61 Å². The number of thiazole rings is 2. The number of fused-ring (bicyclic) bond motifs is 2. The Morgan fingerprint density at radius 1 is 0.966 bits per heavy atom. The molecule has 2 aromatic carbocycles. The van der Waals surface area contributed by atoms with Gasteiger partial charge in [0.2, 0.25) is 0 Å². The summed E-state index contributed by atoms with van der Waals surface area (Å²) in [5, 5.41) is 2.94. The van der Waals surface area contributed by atoms with E-state index in [-0.39, 0.29) is 0 Å². The van der Waals surface area contributed by atoms with Crippen molar-refractivity contribution in [2.24, 2.45) is 0 Å². The highest BCUT2D eigenvalue weighted by Gasteiger charge is 2.22. The third-order valence-corrected chi connectivity index (χ3v) is 7.48. The van der Waals surface area contributed by atoms with Gasteiger partial charge in [0.15, 0.2) is 10.3 Å². The molecule has 2 aromatic heterocycles. The van der Waals surface area contributed by atoms with Gasteiger partial charge in [0.1, 0.15) is 5.75 Å². The van der Waals surface area contributed by atoms with Crippen LogP contribution < -0.4 is 14.5 Å². The van der Waals surface area contributed by atoms with Crippen LogP contribution in [0.2, 0.25) is 5.02 Å². The van der Waals surface area contributed by atoms with E-state index in [0.717, 1.165) is 68.5 Å². The second-order valence-electron chi connectivity index (χ2n) is 7.10. The lowest BCUT2D eigenvalue weighted by molar-refractivity contribution is 0.341. The smallest absolute Gasteiger partial charge is 0.186 e. The van der Waals surface area contributed by atoms with Gasteiger partial charge in [0.05, 0.1) is 27.0 Å². The molecule has 1 fully saturated rings. The zero-order valence-corrected chi connectivity index (χ0v) is 18.7. The molecule has 0 radical (unpaired) electrons. The molecule has 0 spiro atoms. The standard InChI is InChI=1S/C21H21ClN4OS2/c1-3-27-15-4-5-16-17(12-15)28-20(23-16)25-6-8-26(9-7-25)21-24-19-13(2)10-14(22)11-18(19)29-21/h4-5,10-12H,3,6-9H2,1-2H3. The molecule has 0 saturated carbocycles.